The van der Waals surface area contributed by atoms with E-state index in [1.54, 1.807) is 72.8 Å². The summed E-state index contributed by atoms with van der Waals surface area (Å²) >= 11 is 2.83. The minimum absolute atomic E-state index is 0.194. The molecule has 2 saturated heterocycles. The third-order valence-electron chi connectivity index (χ3n) is 15.1. The van der Waals surface area contributed by atoms with Gasteiger partial charge in [0.1, 0.15) is 47.4 Å². The number of carbonyl (C=O) groups excluding carboxylic acids is 6. The number of carbonyl (C=O) groups is 8. The number of para-hydroxylation sites is 2. The second-order valence-electron chi connectivity index (χ2n) is 22.4. The Labute approximate surface area is 561 Å². The lowest BCUT2D eigenvalue weighted by Gasteiger charge is -2.46. The van der Waals surface area contributed by atoms with Crippen LogP contribution >= 0.6 is 23.5 Å². The molecule has 2 heterocycles. The molecule has 2 aliphatic heterocycles. The number of benzene rings is 5. The van der Waals surface area contributed by atoms with Gasteiger partial charge >= 0.3 is 11.9 Å². The fourth-order valence-electron chi connectivity index (χ4n) is 10.2. The number of carboxylic acid groups (broad SMARTS) is 2. The highest BCUT2D eigenvalue weighted by atomic mass is 32.2. The summed E-state index contributed by atoms with van der Waals surface area (Å²) in [5, 5.41) is 103. The first-order valence-electron chi connectivity index (χ1n) is 30.7. The molecule has 14 N–H and O–H groups in total. The van der Waals surface area contributed by atoms with Gasteiger partial charge in [-0.1, -0.05) is 36.4 Å². The largest absolute Gasteiger partial charge is 0.477 e. The zero-order valence-electron chi connectivity index (χ0n) is 52.5. The van der Waals surface area contributed by atoms with E-state index in [4.69, 9.17) is 28.4 Å². The number of carboxylic acids is 2. The molecule has 0 spiro atoms. The molecule has 5 aromatic rings. The average molecular weight is 1370 g/mol. The van der Waals surface area contributed by atoms with Gasteiger partial charge in [0.05, 0.1) is 49.7 Å². The van der Waals surface area contributed by atoms with Crippen molar-refractivity contribution in [1.82, 2.24) is 31.9 Å². The first-order chi connectivity index (χ1) is 46.0. The minimum Gasteiger partial charge on any atom is -0.477 e. The normalized spacial score (nSPS) is 22.0. The maximum Gasteiger partial charge on any atom is 0.364 e. The zero-order valence-corrected chi connectivity index (χ0v) is 54.1. The van der Waals surface area contributed by atoms with E-state index in [0.717, 1.165) is 13.8 Å². The lowest BCUT2D eigenvalue weighted by molar-refractivity contribution is -0.310. The van der Waals surface area contributed by atoms with Crippen molar-refractivity contribution in [2.75, 3.05) is 62.4 Å². The van der Waals surface area contributed by atoms with E-state index in [0.29, 0.717) is 57.1 Å². The Balaban J connectivity index is 0.770. The van der Waals surface area contributed by atoms with Crippen molar-refractivity contribution in [2.24, 2.45) is 0 Å². The van der Waals surface area contributed by atoms with Gasteiger partial charge in [0.15, 0.2) is 0 Å². The molecule has 30 heteroatoms. The third-order valence-corrected chi connectivity index (χ3v) is 17.3. The average Bonchev–Trinajstić information content (AvgIpc) is 0.776. The van der Waals surface area contributed by atoms with Crippen molar-refractivity contribution in [3.05, 3.63) is 156 Å². The Bertz CT molecular complexity index is 3150. The number of thioether (sulfide) groups is 2. The van der Waals surface area contributed by atoms with Gasteiger partial charge in [-0.05, 0) is 121 Å². The lowest BCUT2D eigenvalue weighted by atomic mass is 9.88. The number of hydrogen-bond acceptors (Lipinski definition) is 22. The predicted molar refractivity (Wildman–Crippen MR) is 348 cm³/mol. The number of nitrogens with one attached hydrogen (secondary N) is 6. The van der Waals surface area contributed by atoms with Crippen molar-refractivity contribution >= 4 is 70.9 Å². The van der Waals surface area contributed by atoms with Crippen molar-refractivity contribution in [3.8, 4) is 23.0 Å². The molecule has 6 amide bonds. The van der Waals surface area contributed by atoms with Gasteiger partial charge in [0.2, 0.25) is 11.8 Å². The van der Waals surface area contributed by atoms with Gasteiger partial charge < -0.3 is 101 Å². The summed E-state index contributed by atoms with van der Waals surface area (Å²) in [6.07, 6.45) is -14.9. The number of rotatable bonds is 36. The molecule has 7 rings (SSSR count). The van der Waals surface area contributed by atoms with Crippen molar-refractivity contribution in [2.45, 2.75) is 112 Å². The number of hydrogen-bond donors (Lipinski definition) is 14. The van der Waals surface area contributed by atoms with Crippen LogP contribution in [0, 0.1) is 0 Å². The van der Waals surface area contributed by atoms with Crippen molar-refractivity contribution < 1.29 is 108 Å². The maximum atomic E-state index is 13.0. The molecule has 0 saturated carbocycles. The van der Waals surface area contributed by atoms with Gasteiger partial charge in [-0.15, -0.1) is 0 Å². The van der Waals surface area contributed by atoms with E-state index in [9.17, 15) is 79.2 Å². The molecule has 12 atom stereocenters. The molecule has 0 aliphatic carbocycles. The monoisotopic (exact) mass is 1370 g/mol. The zero-order chi connectivity index (χ0) is 69.4. The quantitative estimate of drug-likeness (QED) is 0.0256. The Hall–Kier alpha value is -8.24. The summed E-state index contributed by atoms with van der Waals surface area (Å²) in [5.74, 6) is -7.73. The number of aliphatic carboxylic acids is 2. The Morgan fingerprint density at radius 3 is 1.10 bits per heavy atom. The lowest BCUT2D eigenvalue weighted by Crippen LogP contribution is -2.68. The van der Waals surface area contributed by atoms with Gasteiger partial charge in [-0.25, -0.2) is 9.59 Å². The van der Waals surface area contributed by atoms with E-state index in [1.165, 1.54) is 72.1 Å². The molecule has 96 heavy (non-hydrogen) atoms. The van der Waals surface area contributed by atoms with Crippen LogP contribution in [0.4, 0.5) is 0 Å². The minimum atomic E-state index is -2.50. The highest BCUT2D eigenvalue weighted by molar-refractivity contribution is 7.99. The van der Waals surface area contributed by atoms with Crippen molar-refractivity contribution in [1.29, 1.82) is 0 Å². The maximum absolute atomic E-state index is 13.0. The first kappa shape index (κ1) is 75.1. The SMILES string of the molecule is CC(=O)N[C@H]1[C@H]([C@H](O)[C@H](O)CNC(=O)c2ccc(Oc3ccccc3)cc2)O[C@@](OCCCSCCNC(=O)c2ccc(C(=O)NCCSCCCO[C@]3(C(=O)O)C[C@H](O)[C@@H](NC(C)=O)[C@H]([C@H](O)[C@H](O)CNC(=O)c4ccc(Oc5ccccc5)cc4)O3)cc2)(C(=O)O)C[C@@H]1O. The van der Waals surface area contributed by atoms with Crippen LogP contribution in [0.2, 0.25) is 0 Å². The molecule has 28 nitrogen and oxygen atoms in total. The number of ether oxygens (including phenoxy) is 6. The third kappa shape index (κ3) is 21.9. The van der Waals surface area contributed by atoms with Gasteiger partial charge in [-0.3, -0.25) is 28.8 Å². The number of amides is 6. The molecule has 2 aliphatic rings. The molecule has 5 aromatic carbocycles. The van der Waals surface area contributed by atoms with Crippen LogP contribution in [0.3, 0.4) is 0 Å². The molecular formula is C66H80N6O22S2. The Morgan fingerprint density at radius 2 is 0.781 bits per heavy atom. The van der Waals surface area contributed by atoms with Crippen LogP contribution in [-0.4, -0.2) is 223 Å². The van der Waals surface area contributed by atoms with Crippen LogP contribution in [0.15, 0.2) is 133 Å². The topological polar surface area (TPSA) is 426 Å². The summed E-state index contributed by atoms with van der Waals surface area (Å²) in [6.45, 7) is 1.31. The fraction of sp³-hybridized carbons (Fsp3) is 0.424. The number of aliphatic hydroxyl groups excluding tert-OH is 6. The summed E-state index contributed by atoms with van der Waals surface area (Å²) in [5.41, 5.74) is 0.985. The highest BCUT2D eigenvalue weighted by Crippen LogP contribution is 2.36. The van der Waals surface area contributed by atoms with E-state index < -0.39 is 146 Å². The summed E-state index contributed by atoms with van der Waals surface area (Å²) in [6, 6.07) is 33.4. The summed E-state index contributed by atoms with van der Waals surface area (Å²) in [4.78, 5) is 102. The molecule has 0 unspecified atom stereocenters. The first-order valence-corrected chi connectivity index (χ1v) is 33.1. The molecule has 518 valence electrons. The van der Waals surface area contributed by atoms with E-state index >= 15 is 0 Å². The molecule has 0 radical (unpaired) electrons. The van der Waals surface area contributed by atoms with Crippen LogP contribution in [0.1, 0.15) is 81.0 Å². The fourth-order valence-corrected chi connectivity index (χ4v) is 11.8. The molecular weight excluding hydrogens is 1290 g/mol. The second-order valence-corrected chi connectivity index (χ2v) is 24.9. The van der Waals surface area contributed by atoms with Crippen LogP contribution in [0.5, 0.6) is 23.0 Å². The van der Waals surface area contributed by atoms with Gasteiger partial charge in [-0.2, -0.15) is 23.5 Å². The van der Waals surface area contributed by atoms with Crippen LogP contribution in [-0.2, 0) is 38.1 Å². The van der Waals surface area contributed by atoms with Gasteiger partial charge in [0.25, 0.3) is 35.2 Å². The van der Waals surface area contributed by atoms with Crippen LogP contribution in [0.25, 0.3) is 0 Å². The predicted octanol–water partition coefficient (Wildman–Crippen LogP) is 2.19. The summed E-state index contributed by atoms with van der Waals surface area (Å²) < 4.78 is 34.6. The number of aliphatic hydroxyl groups is 6. The van der Waals surface area contributed by atoms with E-state index in [-0.39, 0.29) is 50.3 Å². The Kier molecular flexibility index (Phi) is 28.8. The van der Waals surface area contributed by atoms with Crippen LogP contribution < -0.4 is 41.4 Å². The van der Waals surface area contributed by atoms with Crippen molar-refractivity contribution in [3.63, 3.8) is 0 Å². The van der Waals surface area contributed by atoms with E-state index in [1.807, 2.05) is 12.1 Å². The van der Waals surface area contributed by atoms with Gasteiger partial charge in [0, 0.05) is 86.6 Å². The second kappa shape index (κ2) is 36.8. The van der Waals surface area contributed by atoms with E-state index in [2.05, 4.69) is 31.9 Å². The summed E-state index contributed by atoms with van der Waals surface area (Å²) in [7, 11) is 0. The molecule has 0 aromatic heterocycles. The smallest absolute Gasteiger partial charge is 0.364 e. The standard InChI is InChI=1S/C66H80N6O22S2/c1-39(73)71-53-49(75)35-65(63(85)86,93-57(53)55(79)51(77)37-69-61(83)43-19-23-47(24-20-43)91-45-11-5-3-6-12-45)89-29-9-31-95-33-27-67-59(81)41-15-17-42(18-16-41)60(82)68-28-34-96-32-10-30-90-66(64(87)88)36-50(76)54(72-40(2)74)58(94-66)56(80)52(78)38-70-62(84)44-21-25-48(26-22-44)92-46-13-7-4-8-14-46/h3-8,11-26,49-58,75-80H,9-10,27-38H2,1-2H3,(H,67,81)(H,68,82)(H,69,83)(H,70,84)(H,71,73)(H,72,74)(H,85,86)(H,87,88)/t49-,50-,51+,52+,53+,54+,55+,56+,57+,58+,65+,66+/m0/s1. The Morgan fingerprint density at radius 1 is 0.469 bits per heavy atom. The molecule has 0 bridgehead atoms. The highest BCUT2D eigenvalue weighted by Gasteiger charge is 2.57. The molecule has 2 fully saturated rings.